The molecule has 0 unspecified atom stereocenters. The zero-order valence-corrected chi connectivity index (χ0v) is 25.5. The van der Waals surface area contributed by atoms with E-state index in [0.29, 0.717) is 6.54 Å². The minimum absolute atomic E-state index is 0.0158. The van der Waals surface area contributed by atoms with E-state index in [4.69, 9.17) is 12.3 Å². The fourth-order valence-electron chi connectivity index (χ4n) is 3.29. The molecule has 0 bridgehead atoms. The van der Waals surface area contributed by atoms with Gasteiger partial charge in [0.15, 0.2) is 25.0 Å². The first-order chi connectivity index (χ1) is 13.5. The summed E-state index contributed by atoms with van der Waals surface area (Å²) in [5.74, 6) is 0.0158. The number of unbranched alkanes of at least 4 members (excludes halogenated alkanes) is 3. The van der Waals surface area contributed by atoms with Gasteiger partial charge in [0.2, 0.25) is 5.91 Å². The lowest BCUT2D eigenvalue weighted by molar-refractivity contribution is -0.126. The third-order valence-electron chi connectivity index (χ3n) is 4.06. The van der Waals surface area contributed by atoms with Gasteiger partial charge in [0.25, 0.3) is 0 Å². The molecule has 178 valence electrons. The molecule has 0 N–H and O–H groups in total. The van der Waals surface area contributed by atoms with E-state index in [0.717, 1.165) is 31.9 Å². The first-order valence-corrected chi connectivity index (χ1v) is 23.7. The Morgan fingerprint density at radius 3 is 1.57 bits per heavy atom. The Morgan fingerprint density at radius 2 is 1.20 bits per heavy atom. The van der Waals surface area contributed by atoms with Gasteiger partial charge in [0.1, 0.15) is 0 Å². The molecule has 0 fully saturated rings. The van der Waals surface area contributed by atoms with Crippen LogP contribution in [0.15, 0.2) is 12.7 Å². The predicted octanol–water partition coefficient (Wildman–Crippen LogP) is 6.46. The van der Waals surface area contributed by atoms with E-state index < -0.39 is 33.8 Å². The molecular weight excluding hydrogens is 443 g/mol. The molecule has 0 aromatic rings. The Bertz CT molecular complexity index is 484. The lowest BCUT2D eigenvalue weighted by Crippen LogP contribution is -2.60. The summed E-state index contributed by atoms with van der Waals surface area (Å²) in [6.07, 6.45) is 6.87. The Hall–Kier alpha value is -0.0425. The number of carbonyl (C=O) groups is 1. The van der Waals surface area contributed by atoms with Crippen LogP contribution in [0.2, 0.25) is 65.0 Å². The van der Waals surface area contributed by atoms with Crippen molar-refractivity contribution in [2.75, 3.05) is 13.1 Å². The summed E-state index contributed by atoms with van der Waals surface area (Å²) in [5.41, 5.74) is 0. The predicted molar refractivity (Wildman–Crippen MR) is 139 cm³/mol. The minimum Gasteiger partial charge on any atom is -0.417 e. The molecule has 0 aromatic carbocycles. The molecule has 0 rings (SSSR count). The molecule has 0 saturated heterocycles. The topological polar surface area (TPSA) is 48.0 Å². The molecule has 0 radical (unpaired) electrons. The van der Waals surface area contributed by atoms with Crippen LogP contribution in [0.25, 0.3) is 0 Å². The zero-order valence-electron chi connectivity index (χ0n) is 21.5. The summed E-state index contributed by atoms with van der Waals surface area (Å²) in [7, 11) is -8.44. The lowest BCUT2D eigenvalue weighted by Gasteiger charge is -2.43. The van der Waals surface area contributed by atoms with E-state index in [1.807, 2.05) is 4.90 Å². The molecular formula is C21H49NO4Si4. The van der Waals surface area contributed by atoms with Crippen LogP contribution >= 0.6 is 0 Å². The van der Waals surface area contributed by atoms with E-state index in [1.165, 1.54) is 18.9 Å². The molecule has 1 amide bonds. The van der Waals surface area contributed by atoms with Gasteiger partial charge in [0.05, 0.1) is 0 Å². The van der Waals surface area contributed by atoms with Crippen molar-refractivity contribution in [2.24, 2.45) is 0 Å². The van der Waals surface area contributed by atoms with Crippen LogP contribution < -0.4 is 0 Å². The van der Waals surface area contributed by atoms with E-state index in [1.54, 1.807) is 0 Å². The highest BCUT2D eigenvalue weighted by atomic mass is 28.5. The number of hydrogen-bond donors (Lipinski definition) is 0. The first kappa shape index (κ1) is 30.0. The summed E-state index contributed by atoms with van der Waals surface area (Å²) < 4.78 is 20.2. The summed E-state index contributed by atoms with van der Waals surface area (Å²) in [6.45, 7) is 27.2. The monoisotopic (exact) mass is 491 g/mol. The molecule has 0 atom stereocenters. The molecule has 30 heavy (non-hydrogen) atoms. The standard InChI is InChI=1S/C21H49NO4Si4/c1-12-14-15-16-18-22(21(23)13-2)19-17-20-30(24-27(3,4)5,25-28(6,7)8)26-29(9,10)11/h13H,2,12,14-20H2,1,3-11H3. The highest BCUT2D eigenvalue weighted by Crippen LogP contribution is 2.30. The van der Waals surface area contributed by atoms with Crippen molar-refractivity contribution in [3.05, 3.63) is 12.7 Å². The Kier molecular flexibility index (Phi) is 12.8. The average molecular weight is 492 g/mol. The van der Waals surface area contributed by atoms with Gasteiger partial charge in [-0.3, -0.25) is 4.79 Å². The van der Waals surface area contributed by atoms with Gasteiger partial charge in [-0.15, -0.1) is 0 Å². The molecule has 0 aliphatic heterocycles. The van der Waals surface area contributed by atoms with E-state index in [2.05, 4.69) is 72.4 Å². The summed E-state index contributed by atoms with van der Waals surface area (Å²) in [6, 6.07) is 0.766. The van der Waals surface area contributed by atoms with Crippen molar-refractivity contribution in [2.45, 2.75) is 104 Å². The number of hydrogen-bond acceptors (Lipinski definition) is 4. The highest BCUT2D eigenvalue weighted by molar-refractivity contribution is 6.90. The third-order valence-corrected chi connectivity index (χ3v) is 16.1. The summed E-state index contributed by atoms with van der Waals surface area (Å²) in [5, 5.41) is 0. The number of carbonyl (C=O) groups excluding carboxylic acids is 1. The SMILES string of the molecule is C=CC(=O)N(CCCCCC)CCC[Si](O[Si](C)(C)C)(O[Si](C)(C)C)O[Si](C)(C)C. The van der Waals surface area contributed by atoms with Gasteiger partial charge in [-0.1, -0.05) is 32.8 Å². The lowest BCUT2D eigenvalue weighted by atomic mass is 10.2. The minimum atomic E-state index is -2.84. The van der Waals surface area contributed by atoms with Crippen molar-refractivity contribution >= 4 is 39.7 Å². The summed E-state index contributed by atoms with van der Waals surface area (Å²) in [4.78, 5) is 14.3. The van der Waals surface area contributed by atoms with Crippen molar-refractivity contribution in [1.82, 2.24) is 4.90 Å². The third kappa shape index (κ3) is 14.9. The average Bonchev–Trinajstić information content (AvgIpc) is 2.51. The van der Waals surface area contributed by atoms with E-state index in [9.17, 15) is 4.79 Å². The Balaban J connectivity index is 5.43. The molecule has 0 aliphatic carbocycles. The van der Waals surface area contributed by atoms with Gasteiger partial charge >= 0.3 is 8.80 Å². The van der Waals surface area contributed by atoms with Crippen LogP contribution in [-0.2, 0) is 17.1 Å². The van der Waals surface area contributed by atoms with E-state index in [-0.39, 0.29) is 5.91 Å². The van der Waals surface area contributed by atoms with Gasteiger partial charge in [-0.2, -0.15) is 0 Å². The van der Waals surface area contributed by atoms with Crippen molar-refractivity contribution in [3.63, 3.8) is 0 Å². The number of rotatable bonds is 16. The molecule has 0 aromatic heterocycles. The Labute approximate surface area is 191 Å². The smallest absolute Gasteiger partial charge is 0.417 e. The summed E-state index contributed by atoms with van der Waals surface area (Å²) >= 11 is 0. The van der Waals surface area contributed by atoms with Crippen LogP contribution in [0.3, 0.4) is 0 Å². The van der Waals surface area contributed by atoms with Gasteiger partial charge < -0.3 is 17.2 Å². The van der Waals surface area contributed by atoms with Crippen LogP contribution in [0.1, 0.15) is 39.0 Å². The second-order valence-corrected chi connectivity index (χ2v) is 28.0. The van der Waals surface area contributed by atoms with Crippen molar-refractivity contribution < 1.29 is 17.1 Å². The number of nitrogens with zero attached hydrogens (tertiary/aromatic N) is 1. The van der Waals surface area contributed by atoms with Crippen LogP contribution in [0.4, 0.5) is 0 Å². The number of amides is 1. The Morgan fingerprint density at radius 1 is 0.767 bits per heavy atom. The van der Waals surface area contributed by atoms with Crippen LogP contribution in [0, 0.1) is 0 Å². The van der Waals surface area contributed by atoms with Gasteiger partial charge in [-0.05, 0) is 77.8 Å². The normalized spacial score (nSPS) is 13.4. The fourth-order valence-corrected chi connectivity index (χ4v) is 17.9. The largest absolute Gasteiger partial charge is 0.469 e. The maximum Gasteiger partial charge on any atom is 0.469 e. The first-order valence-electron chi connectivity index (χ1n) is 11.5. The van der Waals surface area contributed by atoms with Crippen LogP contribution in [0.5, 0.6) is 0 Å². The second-order valence-electron chi connectivity index (χ2n) is 11.0. The van der Waals surface area contributed by atoms with E-state index >= 15 is 0 Å². The molecule has 0 saturated carbocycles. The highest BCUT2D eigenvalue weighted by Gasteiger charge is 2.49. The zero-order chi connectivity index (χ0) is 23.6. The maximum absolute atomic E-state index is 12.4. The quantitative estimate of drug-likeness (QED) is 0.141. The molecule has 0 heterocycles. The fraction of sp³-hybridized carbons (Fsp3) is 0.857. The molecule has 5 nitrogen and oxygen atoms in total. The van der Waals surface area contributed by atoms with Crippen molar-refractivity contribution in [1.29, 1.82) is 0 Å². The molecule has 0 spiro atoms. The second kappa shape index (κ2) is 12.9. The molecule has 0 aliphatic rings. The van der Waals surface area contributed by atoms with Gasteiger partial charge in [0, 0.05) is 19.1 Å². The van der Waals surface area contributed by atoms with Crippen molar-refractivity contribution in [3.8, 4) is 0 Å². The maximum atomic E-state index is 12.4. The van der Waals surface area contributed by atoms with Gasteiger partial charge in [-0.25, -0.2) is 0 Å². The van der Waals surface area contributed by atoms with Crippen LogP contribution in [-0.4, -0.2) is 57.7 Å². The molecule has 9 heteroatoms.